The van der Waals surface area contributed by atoms with Crippen LogP contribution in [0.15, 0.2) is 78.7 Å². The number of nitrogens with zero attached hydrogens (tertiary/aromatic N) is 1. The minimum Gasteiger partial charge on any atom is -0.512 e. The van der Waals surface area contributed by atoms with Gasteiger partial charge in [-0.25, -0.2) is 0 Å². The van der Waals surface area contributed by atoms with Gasteiger partial charge in [0.05, 0.1) is 5.76 Å². The van der Waals surface area contributed by atoms with Gasteiger partial charge in [0.15, 0.2) is 5.78 Å². The molecular weight excluding hydrogens is 683 g/mol. The Kier molecular flexibility index (Phi) is 10.9. The summed E-state index contributed by atoms with van der Waals surface area (Å²) < 4.78 is 0. The molecular formula is C37H42IrNO2-. The second-order valence-corrected chi connectivity index (χ2v) is 12.9. The average Bonchev–Trinajstić information content (AvgIpc) is 2.98. The van der Waals surface area contributed by atoms with E-state index in [0.29, 0.717) is 24.7 Å². The number of aromatic nitrogens is 1. The third kappa shape index (κ3) is 8.03. The van der Waals surface area contributed by atoms with Crippen LogP contribution in [0.3, 0.4) is 0 Å². The zero-order valence-corrected chi connectivity index (χ0v) is 27.7. The summed E-state index contributed by atoms with van der Waals surface area (Å²) in [6.45, 7) is 14.9. The van der Waals surface area contributed by atoms with Gasteiger partial charge in [-0.15, -0.1) is 29.8 Å². The van der Waals surface area contributed by atoms with Crippen LogP contribution in [-0.2, 0) is 31.3 Å². The maximum atomic E-state index is 11.2. The second kappa shape index (κ2) is 13.7. The van der Waals surface area contributed by atoms with Crippen molar-refractivity contribution in [3.05, 3.63) is 90.3 Å². The van der Waals surface area contributed by atoms with Crippen molar-refractivity contribution in [3.63, 3.8) is 0 Å². The normalized spacial score (nSPS) is 12.2. The van der Waals surface area contributed by atoms with Crippen molar-refractivity contribution < 1.29 is 30.0 Å². The van der Waals surface area contributed by atoms with Crippen molar-refractivity contribution in [2.45, 2.75) is 67.7 Å². The van der Waals surface area contributed by atoms with E-state index in [1.54, 1.807) is 0 Å². The molecule has 0 saturated heterocycles. The topological polar surface area (TPSA) is 50.2 Å². The molecule has 1 heterocycles. The van der Waals surface area contributed by atoms with E-state index in [0.717, 1.165) is 17.7 Å². The maximum Gasteiger partial charge on any atom is 0.159 e. The molecule has 1 aliphatic carbocycles. The fourth-order valence-electron chi connectivity index (χ4n) is 5.41. The summed E-state index contributed by atoms with van der Waals surface area (Å²) in [5.74, 6) is 0.979. The summed E-state index contributed by atoms with van der Waals surface area (Å²) in [6.07, 6.45) is 5.55. The van der Waals surface area contributed by atoms with Crippen LogP contribution in [0.5, 0.6) is 0 Å². The predicted octanol–water partition coefficient (Wildman–Crippen LogP) is 10.0. The first-order valence-electron chi connectivity index (χ1n) is 14.4. The van der Waals surface area contributed by atoms with Crippen LogP contribution in [0.1, 0.15) is 66.9 Å². The van der Waals surface area contributed by atoms with Gasteiger partial charge in [0.2, 0.25) is 0 Å². The Morgan fingerprint density at radius 1 is 0.878 bits per heavy atom. The fraction of sp³-hybridized carbons (Fsp3) is 0.351. The van der Waals surface area contributed by atoms with Crippen molar-refractivity contribution in [2.24, 2.45) is 17.3 Å². The van der Waals surface area contributed by atoms with Crippen molar-refractivity contribution in [1.29, 1.82) is 0 Å². The van der Waals surface area contributed by atoms with E-state index in [1.165, 1.54) is 44.7 Å². The number of fused-ring (bicyclic) bond motifs is 5. The van der Waals surface area contributed by atoms with E-state index in [-0.39, 0.29) is 37.1 Å². The summed E-state index contributed by atoms with van der Waals surface area (Å²) in [7, 11) is 0. The number of benzene rings is 3. The minimum absolute atomic E-state index is 0. The number of ketones is 1. The third-order valence-electron chi connectivity index (χ3n) is 6.87. The molecule has 4 aromatic rings. The van der Waals surface area contributed by atoms with Gasteiger partial charge in [-0.1, -0.05) is 102 Å². The molecule has 0 atom stereocenters. The molecule has 1 radical (unpaired) electrons. The molecule has 3 aromatic carbocycles. The van der Waals surface area contributed by atoms with Crippen LogP contribution in [0.2, 0.25) is 0 Å². The molecule has 4 heteroatoms. The van der Waals surface area contributed by atoms with Gasteiger partial charge < -0.3 is 10.1 Å². The Hall–Kier alpha value is -3.07. The molecule has 217 valence electrons. The number of hydrogen-bond acceptors (Lipinski definition) is 3. The number of rotatable bonds is 6. The molecule has 0 saturated carbocycles. The van der Waals surface area contributed by atoms with Gasteiger partial charge in [0.1, 0.15) is 0 Å². The molecule has 0 amide bonds. The number of aliphatic hydroxyl groups excluding tert-OH is 1. The monoisotopic (exact) mass is 725 g/mol. The fourth-order valence-corrected chi connectivity index (χ4v) is 5.41. The van der Waals surface area contributed by atoms with E-state index in [9.17, 15) is 9.90 Å². The number of carbonyl (C=O) groups is 1. The smallest absolute Gasteiger partial charge is 0.159 e. The van der Waals surface area contributed by atoms with Crippen molar-refractivity contribution in [3.8, 4) is 33.5 Å². The summed E-state index contributed by atoms with van der Waals surface area (Å²) in [5, 5.41) is 11.9. The molecule has 1 aliphatic rings. The van der Waals surface area contributed by atoms with Crippen molar-refractivity contribution in [1.82, 2.24) is 4.98 Å². The molecule has 0 bridgehead atoms. The SMILES string of the molecule is CC(C)(C)Cc1cnc2c3c(cccc13)-c1ccccc1-c1ccc[c-]c1-2.CC(C)CC(=O)/C=C(\O)CC(C)C.[Ir]. The average molecular weight is 725 g/mol. The van der Waals surface area contributed by atoms with Crippen molar-refractivity contribution in [2.75, 3.05) is 0 Å². The maximum absolute atomic E-state index is 11.2. The van der Waals surface area contributed by atoms with E-state index in [2.05, 4.69) is 87.6 Å². The standard InChI is InChI=1S/C26H22N.C11H20O2.Ir/c1-26(2,3)15-17-16-27-25-23-12-7-6-11-21(23)19-9-4-5-10-20(19)22-14-8-13-18(17)24(22)25;1-8(2)5-10(12)7-11(13)6-9(3)4;/h4-11,13-14,16H,15H2,1-3H3;7-9,12H,5-6H2,1-4H3;/q-1;;/b;10-7-;. The first kappa shape index (κ1) is 32.4. The first-order valence-corrected chi connectivity index (χ1v) is 14.4. The van der Waals surface area contributed by atoms with Gasteiger partial charge in [-0.2, -0.15) is 0 Å². The van der Waals surface area contributed by atoms with Crippen molar-refractivity contribution >= 4 is 16.6 Å². The van der Waals surface area contributed by atoms with Crippen LogP contribution in [-0.4, -0.2) is 15.9 Å². The third-order valence-corrected chi connectivity index (χ3v) is 6.87. The van der Waals surface area contributed by atoms with Crippen LogP contribution in [0, 0.1) is 23.3 Å². The molecule has 41 heavy (non-hydrogen) atoms. The van der Waals surface area contributed by atoms with Gasteiger partial charge in [0.25, 0.3) is 0 Å². The van der Waals surface area contributed by atoms with Crippen LogP contribution >= 0.6 is 0 Å². The van der Waals surface area contributed by atoms with Gasteiger partial charge in [-0.05, 0) is 56.8 Å². The number of aliphatic hydroxyl groups is 1. The molecule has 0 fully saturated rings. The van der Waals surface area contributed by atoms with Gasteiger partial charge in [-0.3, -0.25) is 4.79 Å². The molecule has 3 nitrogen and oxygen atoms in total. The summed E-state index contributed by atoms with van der Waals surface area (Å²) in [4.78, 5) is 16.2. The molecule has 5 rings (SSSR count). The summed E-state index contributed by atoms with van der Waals surface area (Å²) >= 11 is 0. The molecule has 0 spiro atoms. The number of pyridine rings is 1. The molecule has 1 aromatic heterocycles. The summed E-state index contributed by atoms with van der Waals surface area (Å²) in [5.41, 5.74) is 8.69. The molecule has 1 N–H and O–H groups in total. The Bertz CT molecular complexity index is 1490. The summed E-state index contributed by atoms with van der Waals surface area (Å²) in [6, 6.07) is 25.1. The van der Waals surface area contributed by atoms with E-state index in [4.69, 9.17) is 4.98 Å². The largest absolute Gasteiger partial charge is 0.512 e. The van der Waals surface area contributed by atoms with E-state index >= 15 is 0 Å². The number of carbonyl (C=O) groups excluding carboxylic acids is 1. The number of hydrogen-bond donors (Lipinski definition) is 1. The van der Waals surface area contributed by atoms with E-state index in [1.807, 2.05) is 33.8 Å². The van der Waals surface area contributed by atoms with E-state index < -0.39 is 0 Å². The number of allylic oxidation sites excluding steroid dienone is 2. The quantitative estimate of drug-likeness (QED) is 0.108. The van der Waals surface area contributed by atoms with Gasteiger partial charge >= 0.3 is 0 Å². The Morgan fingerprint density at radius 3 is 2.12 bits per heavy atom. The van der Waals surface area contributed by atoms with Crippen LogP contribution < -0.4 is 0 Å². The minimum atomic E-state index is 0. The zero-order chi connectivity index (χ0) is 29.0. The van der Waals surface area contributed by atoms with Gasteiger partial charge in [0, 0.05) is 45.2 Å². The van der Waals surface area contributed by atoms with Crippen LogP contribution in [0.4, 0.5) is 0 Å². The van der Waals surface area contributed by atoms with Crippen LogP contribution in [0.25, 0.3) is 44.3 Å². The zero-order valence-electron chi connectivity index (χ0n) is 25.3. The second-order valence-electron chi connectivity index (χ2n) is 12.9. The Morgan fingerprint density at radius 2 is 1.49 bits per heavy atom. The first-order chi connectivity index (χ1) is 18.9. The Labute approximate surface area is 259 Å². The predicted molar refractivity (Wildman–Crippen MR) is 168 cm³/mol. The Balaban J connectivity index is 0.000000284. The molecule has 0 unspecified atom stereocenters. The molecule has 0 aliphatic heterocycles.